The lowest BCUT2D eigenvalue weighted by atomic mass is 10.1. The van der Waals surface area contributed by atoms with Gasteiger partial charge in [-0.2, -0.15) is 0 Å². The first-order valence-electron chi connectivity index (χ1n) is 5.28. The zero-order valence-electron chi connectivity index (χ0n) is 9.95. The molecular weight excluding hydrogens is 212 g/mol. The highest BCUT2D eigenvalue weighted by molar-refractivity contribution is 5.76. The topological polar surface area (TPSA) is 87.7 Å². The summed E-state index contributed by atoms with van der Waals surface area (Å²) in [6.45, 7) is 4.59. The van der Waals surface area contributed by atoms with Crippen LogP contribution in [-0.4, -0.2) is 43.4 Å². The Balaban J connectivity index is 3.76. The van der Waals surface area contributed by atoms with Crippen molar-refractivity contribution in [3.05, 3.63) is 0 Å². The second-order valence-electron chi connectivity index (χ2n) is 3.67. The molecule has 0 aromatic heterocycles. The standard InChI is InChI=1S/C10H20N2O4/c1-4-7(2)5-11-10(15)12-6-8(16-3)9(13)14/h7-8H,4-6H2,1-3H3,(H,13,14)(H2,11,12,15). The number of hydrogen-bond acceptors (Lipinski definition) is 3. The van der Waals surface area contributed by atoms with Crippen molar-refractivity contribution in [1.29, 1.82) is 0 Å². The Hall–Kier alpha value is -1.30. The van der Waals surface area contributed by atoms with Crippen LogP contribution in [0.1, 0.15) is 20.3 Å². The Morgan fingerprint density at radius 1 is 1.31 bits per heavy atom. The number of aliphatic carboxylic acids is 1. The molecule has 0 saturated heterocycles. The smallest absolute Gasteiger partial charge is 0.334 e. The fourth-order valence-electron chi connectivity index (χ4n) is 0.931. The van der Waals surface area contributed by atoms with E-state index in [9.17, 15) is 9.59 Å². The van der Waals surface area contributed by atoms with Gasteiger partial charge in [0.2, 0.25) is 0 Å². The van der Waals surface area contributed by atoms with Crippen molar-refractivity contribution in [3.8, 4) is 0 Å². The van der Waals surface area contributed by atoms with E-state index in [0.717, 1.165) is 6.42 Å². The van der Waals surface area contributed by atoms with Gasteiger partial charge >= 0.3 is 12.0 Å². The summed E-state index contributed by atoms with van der Waals surface area (Å²) in [6.07, 6.45) is -0.0230. The van der Waals surface area contributed by atoms with Gasteiger partial charge in [0.25, 0.3) is 0 Å². The van der Waals surface area contributed by atoms with E-state index < -0.39 is 12.1 Å². The van der Waals surface area contributed by atoms with Crippen molar-refractivity contribution >= 4 is 12.0 Å². The van der Waals surface area contributed by atoms with Crippen LogP contribution < -0.4 is 10.6 Å². The van der Waals surface area contributed by atoms with Gasteiger partial charge in [-0.1, -0.05) is 20.3 Å². The van der Waals surface area contributed by atoms with Gasteiger partial charge in [-0.25, -0.2) is 9.59 Å². The number of carbonyl (C=O) groups is 2. The van der Waals surface area contributed by atoms with Crippen LogP contribution >= 0.6 is 0 Å². The van der Waals surface area contributed by atoms with Crippen LogP contribution in [0, 0.1) is 5.92 Å². The predicted molar refractivity (Wildman–Crippen MR) is 59.3 cm³/mol. The average molecular weight is 232 g/mol. The highest BCUT2D eigenvalue weighted by Gasteiger charge is 2.16. The number of methoxy groups -OCH3 is 1. The number of nitrogens with one attached hydrogen (secondary N) is 2. The highest BCUT2D eigenvalue weighted by Crippen LogP contribution is 1.96. The number of carboxylic acids is 1. The van der Waals surface area contributed by atoms with E-state index in [1.165, 1.54) is 7.11 Å². The van der Waals surface area contributed by atoms with Gasteiger partial charge in [0.05, 0.1) is 6.54 Å². The molecule has 0 aliphatic heterocycles. The molecule has 94 valence electrons. The van der Waals surface area contributed by atoms with Gasteiger partial charge in [0, 0.05) is 13.7 Å². The van der Waals surface area contributed by atoms with Gasteiger partial charge in [0.15, 0.2) is 6.10 Å². The van der Waals surface area contributed by atoms with Crippen LogP contribution in [0.15, 0.2) is 0 Å². The number of rotatable bonds is 7. The van der Waals surface area contributed by atoms with Crippen molar-refractivity contribution < 1.29 is 19.4 Å². The minimum absolute atomic E-state index is 0.0435. The summed E-state index contributed by atoms with van der Waals surface area (Å²) < 4.78 is 4.67. The van der Waals surface area contributed by atoms with E-state index in [0.29, 0.717) is 12.5 Å². The molecule has 0 aromatic carbocycles. The van der Waals surface area contributed by atoms with Crippen LogP contribution in [0.3, 0.4) is 0 Å². The Morgan fingerprint density at radius 2 is 1.88 bits per heavy atom. The molecule has 0 fully saturated rings. The highest BCUT2D eigenvalue weighted by atomic mass is 16.5. The van der Waals surface area contributed by atoms with Crippen molar-refractivity contribution in [1.82, 2.24) is 10.6 Å². The van der Waals surface area contributed by atoms with Gasteiger partial charge in [-0.3, -0.25) is 0 Å². The lowest BCUT2D eigenvalue weighted by Gasteiger charge is -2.13. The Kier molecular flexibility index (Phi) is 7.28. The number of urea groups is 1. The summed E-state index contributed by atoms with van der Waals surface area (Å²) in [4.78, 5) is 21.8. The van der Waals surface area contributed by atoms with Crippen LogP contribution in [0.2, 0.25) is 0 Å². The summed E-state index contributed by atoms with van der Waals surface area (Å²) in [5, 5.41) is 13.7. The van der Waals surface area contributed by atoms with Gasteiger partial charge in [0.1, 0.15) is 0 Å². The van der Waals surface area contributed by atoms with E-state index in [-0.39, 0.29) is 12.6 Å². The quantitative estimate of drug-likeness (QED) is 0.594. The molecule has 0 rings (SSSR count). The number of hydrogen-bond donors (Lipinski definition) is 3. The molecule has 6 nitrogen and oxygen atoms in total. The fourth-order valence-corrected chi connectivity index (χ4v) is 0.931. The third kappa shape index (κ3) is 6.23. The Bertz CT molecular complexity index is 233. The van der Waals surface area contributed by atoms with E-state index in [2.05, 4.69) is 15.4 Å². The summed E-state index contributed by atoms with van der Waals surface area (Å²) >= 11 is 0. The van der Waals surface area contributed by atoms with Crippen LogP contribution in [0.5, 0.6) is 0 Å². The molecule has 2 amide bonds. The normalized spacial score (nSPS) is 13.9. The molecule has 16 heavy (non-hydrogen) atoms. The van der Waals surface area contributed by atoms with Crippen LogP contribution in [0.4, 0.5) is 4.79 Å². The second-order valence-corrected chi connectivity index (χ2v) is 3.67. The largest absolute Gasteiger partial charge is 0.479 e. The van der Waals surface area contributed by atoms with E-state index >= 15 is 0 Å². The van der Waals surface area contributed by atoms with E-state index in [4.69, 9.17) is 5.11 Å². The van der Waals surface area contributed by atoms with Gasteiger partial charge in [-0.15, -0.1) is 0 Å². The fraction of sp³-hybridized carbons (Fsp3) is 0.800. The zero-order chi connectivity index (χ0) is 12.6. The first-order valence-corrected chi connectivity index (χ1v) is 5.28. The lowest BCUT2D eigenvalue weighted by molar-refractivity contribution is -0.147. The van der Waals surface area contributed by atoms with Gasteiger partial charge in [-0.05, 0) is 5.92 Å². The molecule has 0 heterocycles. The SMILES string of the molecule is CCC(C)CNC(=O)NCC(OC)C(=O)O. The second kappa shape index (κ2) is 7.92. The summed E-state index contributed by atoms with van der Waals surface area (Å²) in [5.41, 5.74) is 0. The molecule has 0 aliphatic rings. The maximum absolute atomic E-state index is 11.2. The molecule has 6 heteroatoms. The summed E-state index contributed by atoms with van der Waals surface area (Å²) in [7, 11) is 1.29. The van der Waals surface area contributed by atoms with Crippen molar-refractivity contribution in [3.63, 3.8) is 0 Å². The third-order valence-corrected chi connectivity index (χ3v) is 2.32. The molecule has 0 bridgehead atoms. The first kappa shape index (κ1) is 14.7. The number of ether oxygens (including phenoxy) is 1. The maximum Gasteiger partial charge on any atom is 0.334 e. The maximum atomic E-state index is 11.2. The molecule has 0 aliphatic carbocycles. The number of carbonyl (C=O) groups excluding carboxylic acids is 1. The molecular formula is C10H20N2O4. The molecule has 2 atom stereocenters. The first-order chi connectivity index (χ1) is 7.51. The lowest BCUT2D eigenvalue weighted by Crippen LogP contribution is -2.43. The number of amides is 2. The average Bonchev–Trinajstić information content (AvgIpc) is 2.26. The summed E-state index contributed by atoms with van der Waals surface area (Å²) in [6, 6.07) is -0.372. The summed E-state index contributed by atoms with van der Waals surface area (Å²) in [5.74, 6) is -0.687. The van der Waals surface area contributed by atoms with Gasteiger partial charge < -0.3 is 20.5 Å². The molecule has 0 spiro atoms. The molecule has 0 saturated carbocycles. The van der Waals surface area contributed by atoms with E-state index in [1.807, 2.05) is 13.8 Å². The minimum Gasteiger partial charge on any atom is -0.479 e. The monoisotopic (exact) mass is 232 g/mol. The Morgan fingerprint density at radius 3 is 2.31 bits per heavy atom. The van der Waals surface area contributed by atoms with Crippen molar-refractivity contribution in [2.75, 3.05) is 20.2 Å². The van der Waals surface area contributed by atoms with Crippen LogP contribution in [0.25, 0.3) is 0 Å². The van der Waals surface area contributed by atoms with Crippen molar-refractivity contribution in [2.45, 2.75) is 26.4 Å². The minimum atomic E-state index is -1.09. The zero-order valence-corrected chi connectivity index (χ0v) is 9.95. The molecule has 0 radical (unpaired) electrons. The van der Waals surface area contributed by atoms with Crippen LogP contribution in [-0.2, 0) is 9.53 Å². The third-order valence-electron chi connectivity index (χ3n) is 2.32. The van der Waals surface area contributed by atoms with E-state index in [1.54, 1.807) is 0 Å². The van der Waals surface area contributed by atoms with Crippen molar-refractivity contribution in [2.24, 2.45) is 5.92 Å². The number of carboxylic acid groups (broad SMARTS) is 1. The Labute approximate surface area is 95.4 Å². The molecule has 0 aromatic rings. The molecule has 2 unspecified atom stereocenters. The predicted octanol–water partition coefficient (Wildman–Crippen LogP) is 0.431. The molecule has 3 N–H and O–H groups in total.